The highest BCUT2D eigenvalue weighted by atomic mass is 79.9. The van der Waals surface area contributed by atoms with Crippen molar-refractivity contribution in [1.82, 2.24) is 10.6 Å². The summed E-state index contributed by atoms with van der Waals surface area (Å²) in [6.07, 6.45) is -2.69. The molecular formula is C29H38BrN2O9P. The van der Waals surface area contributed by atoms with Gasteiger partial charge in [-0.2, -0.15) is 0 Å². The zero-order chi connectivity index (χ0) is 31.4. The Labute approximate surface area is 254 Å². The number of carbonyl (C=O) groups is 4. The van der Waals surface area contributed by atoms with Gasteiger partial charge in [0.2, 0.25) is 19.6 Å². The average Bonchev–Trinajstić information content (AvgIpc) is 2.92. The van der Waals surface area contributed by atoms with E-state index in [1.807, 2.05) is 18.2 Å². The number of rotatable bonds is 14. The molecule has 11 nitrogen and oxygen atoms in total. The third-order valence-electron chi connectivity index (χ3n) is 6.14. The van der Waals surface area contributed by atoms with Crippen molar-refractivity contribution < 1.29 is 42.8 Å². The van der Waals surface area contributed by atoms with Crippen LogP contribution in [0.25, 0.3) is 0 Å². The maximum atomic E-state index is 13.4. The van der Waals surface area contributed by atoms with E-state index in [9.17, 15) is 28.6 Å². The van der Waals surface area contributed by atoms with Crippen LogP contribution in [0.5, 0.6) is 0 Å². The minimum Gasteiger partial charge on any atom is -0.459 e. The smallest absolute Gasteiger partial charge is 0.410 e. The Hall–Kier alpha value is -3.21. The van der Waals surface area contributed by atoms with Crippen LogP contribution in [-0.4, -0.2) is 53.1 Å². The third-order valence-corrected chi connectivity index (χ3v) is 8.97. The number of amides is 2. The molecule has 3 N–H and O–H groups in total. The van der Waals surface area contributed by atoms with Crippen molar-refractivity contribution in [3.05, 3.63) is 70.2 Å². The van der Waals surface area contributed by atoms with Crippen molar-refractivity contribution in [2.45, 2.75) is 65.8 Å². The molecule has 0 aliphatic rings. The van der Waals surface area contributed by atoms with Crippen LogP contribution in [0.15, 0.2) is 59.1 Å². The molecule has 0 saturated carbocycles. The van der Waals surface area contributed by atoms with E-state index in [0.29, 0.717) is 0 Å². The molecule has 2 rings (SSSR count). The summed E-state index contributed by atoms with van der Waals surface area (Å²) in [4.78, 5) is 60.7. The summed E-state index contributed by atoms with van der Waals surface area (Å²) in [5, 5.41) is 4.87. The largest absolute Gasteiger partial charge is 0.459 e. The van der Waals surface area contributed by atoms with Crippen molar-refractivity contribution in [2.75, 3.05) is 6.16 Å². The van der Waals surface area contributed by atoms with Gasteiger partial charge in [-0.3, -0.25) is 14.2 Å². The van der Waals surface area contributed by atoms with E-state index in [2.05, 4.69) is 26.6 Å². The number of halogens is 1. The maximum absolute atomic E-state index is 13.4. The summed E-state index contributed by atoms with van der Waals surface area (Å²) >= 11 is 3.35. The van der Waals surface area contributed by atoms with Gasteiger partial charge in [-0.15, -0.1) is 0 Å². The van der Waals surface area contributed by atoms with E-state index in [1.165, 1.54) is 20.8 Å². The molecule has 230 valence electrons. The number of hydrogen-bond donors (Lipinski definition) is 3. The first-order chi connectivity index (χ1) is 19.7. The molecule has 0 bridgehead atoms. The van der Waals surface area contributed by atoms with Crippen LogP contribution in [-0.2, 0) is 46.2 Å². The molecule has 13 heteroatoms. The van der Waals surface area contributed by atoms with Crippen LogP contribution in [0.4, 0.5) is 4.79 Å². The monoisotopic (exact) mass is 668 g/mol. The Balaban J connectivity index is 2.08. The molecule has 2 aromatic rings. The van der Waals surface area contributed by atoms with Gasteiger partial charge in [-0.1, -0.05) is 72.2 Å². The molecule has 5 atom stereocenters. The van der Waals surface area contributed by atoms with E-state index in [-0.39, 0.29) is 13.0 Å². The van der Waals surface area contributed by atoms with Crippen LogP contribution in [0.3, 0.4) is 0 Å². The first-order valence-electron chi connectivity index (χ1n) is 13.4. The molecular weight excluding hydrogens is 631 g/mol. The molecule has 0 fully saturated rings. The summed E-state index contributed by atoms with van der Waals surface area (Å²) < 4.78 is 29.4. The number of alkyl carbamates (subject to hydrolysis) is 1. The van der Waals surface area contributed by atoms with Crippen molar-refractivity contribution in [2.24, 2.45) is 11.8 Å². The highest BCUT2D eigenvalue weighted by Gasteiger charge is 2.36. The second-order valence-electron chi connectivity index (χ2n) is 10.2. The normalized spacial score (nSPS) is 15.3. The lowest BCUT2D eigenvalue weighted by atomic mass is 10.00. The summed E-state index contributed by atoms with van der Waals surface area (Å²) in [6.45, 7) is 7.39. The fraction of sp³-hybridized carbons (Fsp3) is 0.448. The van der Waals surface area contributed by atoms with Gasteiger partial charge in [0, 0.05) is 17.6 Å². The minimum absolute atomic E-state index is 0.0304. The Bertz CT molecular complexity index is 1260. The van der Waals surface area contributed by atoms with Gasteiger partial charge in [-0.25, -0.2) is 9.59 Å². The van der Waals surface area contributed by atoms with E-state index in [1.54, 1.807) is 50.2 Å². The van der Waals surface area contributed by atoms with Gasteiger partial charge in [0.1, 0.15) is 18.4 Å². The lowest BCUT2D eigenvalue weighted by Crippen LogP contribution is -2.44. The number of esters is 2. The number of carbonyl (C=O) groups excluding carboxylic acids is 4. The first-order valence-corrected chi connectivity index (χ1v) is 16.1. The quantitative estimate of drug-likeness (QED) is 0.147. The van der Waals surface area contributed by atoms with Gasteiger partial charge in [-0.05, 0) is 43.5 Å². The molecule has 0 aromatic heterocycles. The summed E-state index contributed by atoms with van der Waals surface area (Å²) in [7, 11) is -4.21. The van der Waals surface area contributed by atoms with Crippen LogP contribution in [0.2, 0.25) is 0 Å². The first kappa shape index (κ1) is 35.0. The molecule has 5 unspecified atom stereocenters. The lowest BCUT2D eigenvalue weighted by molar-refractivity contribution is -0.168. The molecule has 0 heterocycles. The second kappa shape index (κ2) is 16.4. The van der Waals surface area contributed by atoms with Crippen LogP contribution in [0.1, 0.15) is 45.7 Å². The zero-order valence-electron chi connectivity index (χ0n) is 24.2. The average molecular weight is 670 g/mol. The van der Waals surface area contributed by atoms with Gasteiger partial charge in [0.15, 0.2) is 0 Å². The highest BCUT2D eigenvalue weighted by Crippen LogP contribution is 2.47. The van der Waals surface area contributed by atoms with Gasteiger partial charge in [0.25, 0.3) is 0 Å². The van der Waals surface area contributed by atoms with Crippen LogP contribution in [0, 0.1) is 11.8 Å². The van der Waals surface area contributed by atoms with Crippen molar-refractivity contribution in [1.29, 1.82) is 0 Å². The van der Waals surface area contributed by atoms with Crippen molar-refractivity contribution in [3.8, 4) is 0 Å². The number of benzene rings is 2. The predicted molar refractivity (Wildman–Crippen MR) is 159 cm³/mol. The highest BCUT2D eigenvalue weighted by molar-refractivity contribution is 9.10. The number of ether oxygens (including phenoxy) is 3. The molecule has 0 aliphatic carbocycles. The third kappa shape index (κ3) is 12.0. The SMILES string of the molecule is CC(OC(=O)NC(C)P(=O)(O)CC(Cc1ccc(Br)cc1)C(=O)NC(C)C(=O)OCc1ccccc1)OC(=O)C(C)C. The molecule has 0 spiro atoms. The van der Waals surface area contributed by atoms with Gasteiger partial charge in [0.05, 0.1) is 11.8 Å². The Kier molecular flexibility index (Phi) is 13.7. The minimum atomic E-state index is -4.21. The predicted octanol–water partition coefficient (Wildman–Crippen LogP) is 4.74. The van der Waals surface area contributed by atoms with Crippen molar-refractivity contribution in [3.63, 3.8) is 0 Å². The maximum Gasteiger partial charge on any atom is 0.410 e. The van der Waals surface area contributed by atoms with Crippen LogP contribution < -0.4 is 10.6 Å². The van der Waals surface area contributed by atoms with E-state index in [0.717, 1.165) is 15.6 Å². The van der Waals surface area contributed by atoms with E-state index < -0.39 is 67.4 Å². The standard InChI is InChI=1S/C29H38BrN2O9P/c1-18(2)27(34)40-21(5)41-29(36)32-20(4)42(37,38)17-24(15-22-11-13-25(30)14-12-22)26(33)31-19(3)28(35)39-16-23-9-7-6-8-10-23/h6-14,18-21,24H,15-17H2,1-5H3,(H,31,33)(H,32,36)(H,37,38). The summed E-state index contributed by atoms with van der Waals surface area (Å²) in [5.41, 5.74) is 1.50. The molecule has 0 radical (unpaired) electrons. The van der Waals surface area contributed by atoms with E-state index in [4.69, 9.17) is 14.2 Å². The van der Waals surface area contributed by atoms with Crippen LogP contribution >= 0.6 is 23.3 Å². The van der Waals surface area contributed by atoms with E-state index >= 15 is 0 Å². The topological polar surface area (TPSA) is 157 Å². The fourth-order valence-corrected chi connectivity index (χ4v) is 5.46. The molecule has 0 saturated heterocycles. The second-order valence-corrected chi connectivity index (χ2v) is 13.7. The molecule has 2 aromatic carbocycles. The fourth-order valence-electron chi connectivity index (χ4n) is 3.64. The summed E-state index contributed by atoms with van der Waals surface area (Å²) in [6, 6.07) is 15.1. The Morgan fingerprint density at radius 1 is 0.857 bits per heavy atom. The Morgan fingerprint density at radius 2 is 1.48 bits per heavy atom. The molecule has 0 aliphatic heterocycles. The van der Waals surface area contributed by atoms with Crippen molar-refractivity contribution >= 4 is 47.2 Å². The number of hydrogen-bond acceptors (Lipinski definition) is 8. The number of nitrogens with one attached hydrogen (secondary N) is 2. The molecule has 42 heavy (non-hydrogen) atoms. The van der Waals surface area contributed by atoms with Gasteiger partial charge < -0.3 is 29.7 Å². The van der Waals surface area contributed by atoms with Gasteiger partial charge >= 0.3 is 18.0 Å². The summed E-state index contributed by atoms with van der Waals surface area (Å²) in [5.74, 6) is -4.62. The molecule has 2 amide bonds. The zero-order valence-corrected chi connectivity index (χ0v) is 26.7. The Morgan fingerprint density at radius 3 is 2.07 bits per heavy atom. The lowest BCUT2D eigenvalue weighted by Gasteiger charge is -2.26.